The Kier molecular flexibility index (Phi) is 5.53. The molecule has 0 aliphatic heterocycles. The minimum Gasteiger partial charge on any atom is -0.478 e. The highest BCUT2D eigenvalue weighted by molar-refractivity contribution is 7.89. The van der Waals surface area contributed by atoms with Gasteiger partial charge in [-0.25, -0.2) is 13.2 Å². The molecule has 0 heterocycles. The van der Waals surface area contributed by atoms with Crippen LogP contribution in [-0.2, 0) is 10.0 Å². The standard InChI is InChI=1S/C15H23NO4S/c1-6-7-11(3)16(5)21(19,20)14-9-13(15(17)18)8-10(2)12(14)4/h8-9,11H,6-7H2,1-5H3,(H,17,18). The summed E-state index contributed by atoms with van der Waals surface area (Å²) in [6.45, 7) is 7.27. The molecule has 1 N–H and O–H groups in total. The topological polar surface area (TPSA) is 74.7 Å². The Labute approximate surface area is 126 Å². The van der Waals surface area contributed by atoms with E-state index in [4.69, 9.17) is 5.11 Å². The van der Waals surface area contributed by atoms with Gasteiger partial charge >= 0.3 is 5.97 Å². The van der Waals surface area contributed by atoms with Gasteiger partial charge in [0.2, 0.25) is 10.0 Å². The Morgan fingerprint density at radius 3 is 2.38 bits per heavy atom. The summed E-state index contributed by atoms with van der Waals surface area (Å²) in [6, 6.07) is 2.61. The summed E-state index contributed by atoms with van der Waals surface area (Å²) in [5.41, 5.74) is 1.24. The number of carboxylic acid groups (broad SMARTS) is 1. The molecule has 0 bridgehead atoms. The van der Waals surface area contributed by atoms with E-state index in [-0.39, 0.29) is 16.5 Å². The number of hydrogen-bond acceptors (Lipinski definition) is 3. The maximum absolute atomic E-state index is 12.7. The first-order chi connectivity index (χ1) is 9.62. The number of carboxylic acids is 1. The van der Waals surface area contributed by atoms with Gasteiger partial charge in [0.25, 0.3) is 0 Å². The molecule has 0 spiro atoms. The Morgan fingerprint density at radius 1 is 1.33 bits per heavy atom. The van der Waals surface area contributed by atoms with E-state index in [1.165, 1.54) is 23.5 Å². The molecule has 1 atom stereocenters. The van der Waals surface area contributed by atoms with E-state index in [1.807, 2.05) is 13.8 Å². The highest BCUT2D eigenvalue weighted by Gasteiger charge is 2.28. The lowest BCUT2D eigenvalue weighted by atomic mass is 10.1. The van der Waals surface area contributed by atoms with Crippen LogP contribution in [0.1, 0.15) is 48.2 Å². The predicted molar refractivity (Wildman–Crippen MR) is 82.2 cm³/mol. The smallest absolute Gasteiger partial charge is 0.335 e. The molecule has 0 aliphatic carbocycles. The maximum Gasteiger partial charge on any atom is 0.335 e. The molecular formula is C15H23NO4S. The highest BCUT2D eigenvalue weighted by atomic mass is 32.2. The summed E-state index contributed by atoms with van der Waals surface area (Å²) in [4.78, 5) is 11.2. The van der Waals surface area contributed by atoms with Crippen LogP contribution < -0.4 is 0 Å². The van der Waals surface area contributed by atoms with Gasteiger partial charge in [-0.1, -0.05) is 13.3 Å². The van der Waals surface area contributed by atoms with Gasteiger partial charge in [-0.15, -0.1) is 0 Å². The van der Waals surface area contributed by atoms with Crippen LogP contribution in [0.15, 0.2) is 17.0 Å². The van der Waals surface area contributed by atoms with Crippen molar-refractivity contribution in [3.8, 4) is 0 Å². The summed E-state index contributed by atoms with van der Waals surface area (Å²) in [5, 5.41) is 9.11. The van der Waals surface area contributed by atoms with Crippen molar-refractivity contribution >= 4 is 16.0 Å². The van der Waals surface area contributed by atoms with E-state index in [1.54, 1.807) is 13.8 Å². The zero-order valence-electron chi connectivity index (χ0n) is 13.2. The molecular weight excluding hydrogens is 290 g/mol. The minimum atomic E-state index is -3.70. The molecule has 5 nitrogen and oxygen atoms in total. The lowest BCUT2D eigenvalue weighted by Gasteiger charge is -2.25. The van der Waals surface area contributed by atoms with Gasteiger partial charge in [-0.2, -0.15) is 4.31 Å². The average molecular weight is 313 g/mol. The lowest BCUT2D eigenvalue weighted by Crippen LogP contribution is -2.35. The molecule has 0 aromatic heterocycles. The van der Waals surface area contributed by atoms with Crippen molar-refractivity contribution < 1.29 is 18.3 Å². The first kappa shape index (κ1) is 17.7. The third kappa shape index (κ3) is 3.63. The number of sulfonamides is 1. The van der Waals surface area contributed by atoms with Crippen molar-refractivity contribution in [3.63, 3.8) is 0 Å². The number of aromatic carboxylic acids is 1. The molecule has 21 heavy (non-hydrogen) atoms. The van der Waals surface area contributed by atoms with E-state index in [0.29, 0.717) is 11.1 Å². The van der Waals surface area contributed by atoms with Crippen LogP contribution in [0.5, 0.6) is 0 Å². The van der Waals surface area contributed by atoms with Gasteiger partial charge in [0.15, 0.2) is 0 Å². The number of nitrogens with zero attached hydrogens (tertiary/aromatic N) is 1. The third-order valence-corrected chi connectivity index (χ3v) is 5.95. The zero-order valence-corrected chi connectivity index (χ0v) is 14.0. The SMILES string of the molecule is CCCC(C)N(C)S(=O)(=O)c1cc(C(=O)O)cc(C)c1C. The van der Waals surface area contributed by atoms with Crippen molar-refractivity contribution in [3.05, 3.63) is 28.8 Å². The predicted octanol–water partition coefficient (Wildman–Crippen LogP) is 2.81. The monoisotopic (exact) mass is 313 g/mol. The van der Waals surface area contributed by atoms with Crippen LogP contribution in [0.25, 0.3) is 0 Å². The third-order valence-electron chi connectivity index (χ3n) is 3.85. The van der Waals surface area contributed by atoms with Gasteiger partial charge in [-0.3, -0.25) is 0 Å². The molecule has 0 radical (unpaired) electrons. The van der Waals surface area contributed by atoms with Crippen LogP contribution in [-0.4, -0.2) is 36.9 Å². The summed E-state index contributed by atoms with van der Waals surface area (Å²) < 4.78 is 26.8. The first-order valence-electron chi connectivity index (χ1n) is 6.95. The summed E-state index contributed by atoms with van der Waals surface area (Å²) >= 11 is 0. The fourth-order valence-corrected chi connectivity index (χ4v) is 3.92. The zero-order chi connectivity index (χ0) is 16.4. The molecule has 1 rings (SSSR count). The molecule has 0 aliphatic rings. The van der Waals surface area contributed by atoms with Crippen molar-refractivity contribution in [2.24, 2.45) is 0 Å². The van der Waals surface area contributed by atoms with Crippen molar-refractivity contribution in [1.82, 2.24) is 4.31 Å². The van der Waals surface area contributed by atoms with Crippen LogP contribution in [0.3, 0.4) is 0 Å². The van der Waals surface area contributed by atoms with E-state index in [9.17, 15) is 13.2 Å². The largest absolute Gasteiger partial charge is 0.478 e. The molecule has 6 heteroatoms. The second-order valence-electron chi connectivity index (χ2n) is 5.38. The maximum atomic E-state index is 12.7. The van der Waals surface area contributed by atoms with Gasteiger partial charge in [0.05, 0.1) is 10.5 Å². The normalized spacial score (nSPS) is 13.4. The Bertz CT molecular complexity index is 637. The lowest BCUT2D eigenvalue weighted by molar-refractivity contribution is 0.0696. The van der Waals surface area contributed by atoms with Gasteiger partial charge in [0.1, 0.15) is 0 Å². The van der Waals surface area contributed by atoms with Crippen molar-refractivity contribution in [1.29, 1.82) is 0 Å². The van der Waals surface area contributed by atoms with E-state index in [0.717, 1.165) is 12.8 Å². The van der Waals surface area contributed by atoms with Crippen LogP contribution in [0.4, 0.5) is 0 Å². The van der Waals surface area contributed by atoms with Crippen molar-refractivity contribution in [2.45, 2.75) is 51.5 Å². The average Bonchev–Trinajstić information content (AvgIpc) is 2.40. The molecule has 0 amide bonds. The van der Waals surface area contributed by atoms with Crippen LogP contribution >= 0.6 is 0 Å². The molecule has 1 aromatic carbocycles. The quantitative estimate of drug-likeness (QED) is 0.876. The number of hydrogen-bond donors (Lipinski definition) is 1. The van der Waals surface area contributed by atoms with E-state index in [2.05, 4.69) is 0 Å². The molecule has 118 valence electrons. The Hall–Kier alpha value is -1.40. The minimum absolute atomic E-state index is 0.00628. The van der Waals surface area contributed by atoms with E-state index < -0.39 is 16.0 Å². The molecule has 1 aromatic rings. The van der Waals surface area contributed by atoms with Gasteiger partial charge in [-0.05, 0) is 50.5 Å². The van der Waals surface area contributed by atoms with Crippen LogP contribution in [0, 0.1) is 13.8 Å². The number of carbonyl (C=O) groups is 1. The van der Waals surface area contributed by atoms with Gasteiger partial charge < -0.3 is 5.11 Å². The van der Waals surface area contributed by atoms with Crippen molar-refractivity contribution in [2.75, 3.05) is 7.05 Å². The van der Waals surface area contributed by atoms with E-state index >= 15 is 0 Å². The Morgan fingerprint density at radius 2 is 1.90 bits per heavy atom. The number of aryl methyl sites for hydroxylation is 1. The molecule has 1 unspecified atom stereocenters. The fraction of sp³-hybridized carbons (Fsp3) is 0.533. The second-order valence-corrected chi connectivity index (χ2v) is 7.35. The molecule has 0 fully saturated rings. The summed E-state index contributed by atoms with van der Waals surface area (Å²) in [7, 11) is -2.16. The first-order valence-corrected chi connectivity index (χ1v) is 8.39. The fourth-order valence-electron chi connectivity index (χ4n) is 2.21. The highest BCUT2D eigenvalue weighted by Crippen LogP contribution is 2.25. The second kappa shape index (κ2) is 6.58. The number of rotatable bonds is 6. The summed E-state index contributed by atoms with van der Waals surface area (Å²) in [6.07, 6.45) is 1.64. The Balaban J connectivity index is 3.40. The summed E-state index contributed by atoms with van der Waals surface area (Å²) in [5.74, 6) is -1.13. The van der Waals surface area contributed by atoms with Gasteiger partial charge in [0, 0.05) is 13.1 Å². The molecule has 0 saturated carbocycles. The molecule has 0 saturated heterocycles. The van der Waals surface area contributed by atoms with Crippen LogP contribution in [0.2, 0.25) is 0 Å². The number of benzene rings is 1.